The van der Waals surface area contributed by atoms with Crippen LogP contribution in [0.5, 0.6) is 0 Å². The van der Waals surface area contributed by atoms with Gasteiger partial charge in [-0.3, -0.25) is 25.4 Å². The van der Waals surface area contributed by atoms with E-state index in [1.54, 1.807) is 13.8 Å². The lowest BCUT2D eigenvalue weighted by Gasteiger charge is -2.10. The summed E-state index contributed by atoms with van der Waals surface area (Å²) in [6.45, 7) is 3.41. The number of sulfonamides is 1. The standard InChI is InChI=1S/C15H17N5O4S/c1-10(2)20-25(23,24)12-5-3-11(4-6-12)14(21)18-19-15(22)13-9-16-7-8-17-13/h3-10,20H,1-2H3,(H,18,21)(H,19,22). The minimum absolute atomic E-state index is 0.0429. The zero-order valence-electron chi connectivity index (χ0n) is 13.6. The summed E-state index contributed by atoms with van der Waals surface area (Å²) in [5, 5.41) is 0. The van der Waals surface area contributed by atoms with Crippen LogP contribution in [0.25, 0.3) is 0 Å². The molecule has 0 bridgehead atoms. The third-order valence-corrected chi connectivity index (χ3v) is 4.58. The van der Waals surface area contributed by atoms with Gasteiger partial charge in [-0.2, -0.15) is 0 Å². The molecule has 0 unspecified atom stereocenters. The molecule has 3 N–H and O–H groups in total. The zero-order chi connectivity index (χ0) is 18.4. The lowest BCUT2D eigenvalue weighted by atomic mass is 10.2. The predicted octanol–water partition coefficient (Wildman–Crippen LogP) is 0.238. The number of aromatic nitrogens is 2. The van der Waals surface area contributed by atoms with Crippen molar-refractivity contribution in [2.24, 2.45) is 0 Å². The molecule has 2 amide bonds. The topological polar surface area (TPSA) is 130 Å². The maximum Gasteiger partial charge on any atom is 0.289 e. The van der Waals surface area contributed by atoms with Crippen molar-refractivity contribution in [1.29, 1.82) is 0 Å². The van der Waals surface area contributed by atoms with Crippen LogP contribution in [0, 0.1) is 0 Å². The highest BCUT2D eigenvalue weighted by molar-refractivity contribution is 7.89. The average Bonchev–Trinajstić information content (AvgIpc) is 2.59. The lowest BCUT2D eigenvalue weighted by molar-refractivity contribution is 0.0843. The van der Waals surface area contributed by atoms with Crippen LogP contribution in [0.2, 0.25) is 0 Å². The van der Waals surface area contributed by atoms with Gasteiger partial charge in [0.25, 0.3) is 11.8 Å². The summed E-state index contributed by atoms with van der Waals surface area (Å²) in [5.41, 5.74) is 4.64. The van der Waals surface area contributed by atoms with Gasteiger partial charge in [-0.15, -0.1) is 0 Å². The fraction of sp³-hybridized carbons (Fsp3) is 0.200. The molecule has 1 heterocycles. The third-order valence-electron chi connectivity index (χ3n) is 2.90. The molecule has 0 fully saturated rings. The van der Waals surface area contributed by atoms with Crippen molar-refractivity contribution in [3.8, 4) is 0 Å². The van der Waals surface area contributed by atoms with E-state index in [4.69, 9.17) is 0 Å². The highest BCUT2D eigenvalue weighted by Crippen LogP contribution is 2.11. The fourth-order valence-electron chi connectivity index (χ4n) is 1.83. The van der Waals surface area contributed by atoms with E-state index in [2.05, 4.69) is 25.5 Å². The summed E-state index contributed by atoms with van der Waals surface area (Å²) in [7, 11) is -3.63. The van der Waals surface area contributed by atoms with E-state index in [0.29, 0.717) is 0 Å². The number of hydrogen-bond acceptors (Lipinski definition) is 6. The molecule has 0 spiro atoms. The van der Waals surface area contributed by atoms with Crippen molar-refractivity contribution in [2.75, 3.05) is 0 Å². The molecule has 2 rings (SSSR count). The number of carbonyl (C=O) groups is 2. The summed E-state index contributed by atoms with van der Waals surface area (Å²) in [6, 6.07) is 5.07. The monoisotopic (exact) mass is 363 g/mol. The first-order valence-corrected chi connectivity index (χ1v) is 8.77. The number of rotatable bonds is 5. The SMILES string of the molecule is CC(C)NS(=O)(=O)c1ccc(C(=O)NNC(=O)c2cnccn2)cc1. The first-order valence-electron chi connectivity index (χ1n) is 7.28. The van der Waals surface area contributed by atoms with Gasteiger partial charge in [0.1, 0.15) is 5.69 Å². The van der Waals surface area contributed by atoms with Gasteiger partial charge in [0, 0.05) is 24.0 Å². The van der Waals surface area contributed by atoms with Crippen molar-refractivity contribution in [1.82, 2.24) is 25.5 Å². The van der Waals surface area contributed by atoms with E-state index >= 15 is 0 Å². The van der Waals surface area contributed by atoms with Crippen LogP contribution < -0.4 is 15.6 Å². The quantitative estimate of drug-likeness (QED) is 0.652. The molecule has 10 heteroatoms. The van der Waals surface area contributed by atoms with Crippen LogP contribution in [-0.4, -0.2) is 36.2 Å². The lowest BCUT2D eigenvalue weighted by Crippen LogP contribution is -2.42. The Kier molecular flexibility index (Phi) is 5.78. The molecule has 0 radical (unpaired) electrons. The van der Waals surface area contributed by atoms with Crippen molar-refractivity contribution in [3.05, 3.63) is 54.1 Å². The molecule has 132 valence electrons. The maximum absolute atomic E-state index is 12.0. The van der Waals surface area contributed by atoms with Crippen molar-refractivity contribution in [2.45, 2.75) is 24.8 Å². The molecule has 0 aliphatic carbocycles. The zero-order valence-corrected chi connectivity index (χ0v) is 14.4. The largest absolute Gasteiger partial charge is 0.289 e. The Morgan fingerprint density at radius 1 is 1.00 bits per heavy atom. The van der Waals surface area contributed by atoms with Crippen LogP contribution in [0.3, 0.4) is 0 Å². The molecule has 0 saturated heterocycles. The number of benzene rings is 1. The molecule has 25 heavy (non-hydrogen) atoms. The maximum atomic E-state index is 12.0. The van der Waals surface area contributed by atoms with Gasteiger partial charge in [-0.1, -0.05) is 0 Å². The van der Waals surface area contributed by atoms with E-state index in [-0.39, 0.29) is 22.2 Å². The smallest absolute Gasteiger partial charge is 0.267 e. The normalized spacial score (nSPS) is 11.2. The van der Waals surface area contributed by atoms with Gasteiger partial charge in [0.05, 0.1) is 11.1 Å². The van der Waals surface area contributed by atoms with E-state index in [1.165, 1.54) is 42.9 Å². The highest BCUT2D eigenvalue weighted by Gasteiger charge is 2.16. The van der Waals surface area contributed by atoms with Crippen LogP contribution in [0.4, 0.5) is 0 Å². The highest BCUT2D eigenvalue weighted by atomic mass is 32.2. The Hall–Kier alpha value is -2.85. The molecule has 2 aromatic rings. The van der Waals surface area contributed by atoms with E-state index in [1.807, 2.05) is 0 Å². The minimum Gasteiger partial charge on any atom is -0.267 e. The van der Waals surface area contributed by atoms with Gasteiger partial charge in [-0.25, -0.2) is 18.1 Å². The number of hydrazine groups is 1. The average molecular weight is 363 g/mol. The van der Waals surface area contributed by atoms with Gasteiger partial charge < -0.3 is 0 Å². The van der Waals surface area contributed by atoms with Crippen molar-refractivity contribution < 1.29 is 18.0 Å². The van der Waals surface area contributed by atoms with Crippen molar-refractivity contribution in [3.63, 3.8) is 0 Å². The van der Waals surface area contributed by atoms with Crippen LogP contribution in [0.1, 0.15) is 34.7 Å². The van der Waals surface area contributed by atoms with Gasteiger partial charge in [0.2, 0.25) is 10.0 Å². The summed E-state index contributed by atoms with van der Waals surface area (Å²) in [6.07, 6.45) is 4.02. The second-order valence-corrected chi connectivity index (χ2v) is 7.01. The molecular formula is C15H17N5O4S. The summed E-state index contributed by atoms with van der Waals surface area (Å²) < 4.78 is 26.5. The van der Waals surface area contributed by atoms with Gasteiger partial charge in [-0.05, 0) is 38.1 Å². The van der Waals surface area contributed by atoms with Crippen LogP contribution in [0.15, 0.2) is 47.8 Å². The molecule has 1 aromatic carbocycles. The minimum atomic E-state index is -3.63. The Morgan fingerprint density at radius 2 is 1.64 bits per heavy atom. The van der Waals surface area contributed by atoms with E-state index < -0.39 is 21.8 Å². The molecular weight excluding hydrogens is 346 g/mol. The molecule has 1 aromatic heterocycles. The second kappa shape index (κ2) is 7.81. The Labute approximate surface area is 144 Å². The summed E-state index contributed by atoms with van der Waals surface area (Å²) in [5.74, 6) is -1.22. The first kappa shape index (κ1) is 18.5. The Morgan fingerprint density at radius 3 is 2.20 bits per heavy atom. The number of nitrogens with zero attached hydrogens (tertiary/aromatic N) is 2. The molecule has 0 atom stereocenters. The number of hydrogen-bond donors (Lipinski definition) is 3. The second-order valence-electron chi connectivity index (χ2n) is 5.30. The Balaban J connectivity index is 2.00. The molecule has 9 nitrogen and oxygen atoms in total. The summed E-state index contributed by atoms with van der Waals surface area (Å²) >= 11 is 0. The van der Waals surface area contributed by atoms with Gasteiger partial charge >= 0.3 is 0 Å². The summed E-state index contributed by atoms with van der Waals surface area (Å²) in [4.78, 5) is 31.3. The van der Waals surface area contributed by atoms with Crippen molar-refractivity contribution >= 4 is 21.8 Å². The molecule has 0 aliphatic heterocycles. The predicted molar refractivity (Wildman–Crippen MR) is 88.9 cm³/mol. The van der Waals surface area contributed by atoms with Crippen LogP contribution in [-0.2, 0) is 10.0 Å². The first-order chi connectivity index (χ1) is 11.8. The molecule has 0 aliphatic rings. The number of carbonyl (C=O) groups excluding carboxylic acids is 2. The fourth-order valence-corrected chi connectivity index (χ4v) is 3.08. The van der Waals surface area contributed by atoms with Gasteiger partial charge in [0.15, 0.2) is 0 Å². The van der Waals surface area contributed by atoms with Crippen LogP contribution >= 0.6 is 0 Å². The van der Waals surface area contributed by atoms with E-state index in [9.17, 15) is 18.0 Å². The Bertz CT molecular complexity index is 851. The molecule has 0 saturated carbocycles. The third kappa shape index (κ3) is 5.06. The number of amides is 2. The number of nitrogens with one attached hydrogen (secondary N) is 3. The van der Waals surface area contributed by atoms with E-state index in [0.717, 1.165) is 0 Å².